The molecule has 1 aliphatic rings. The van der Waals surface area contributed by atoms with Gasteiger partial charge < -0.3 is 15.8 Å². The van der Waals surface area contributed by atoms with Crippen molar-refractivity contribution in [1.82, 2.24) is 10.3 Å². The molecule has 0 spiro atoms. The third kappa shape index (κ3) is 3.00. The van der Waals surface area contributed by atoms with Crippen LogP contribution in [0.15, 0.2) is 18.5 Å². The van der Waals surface area contributed by atoms with Crippen molar-refractivity contribution in [3.63, 3.8) is 0 Å². The Morgan fingerprint density at radius 3 is 2.83 bits per heavy atom. The number of hydrogen-bond acceptors (Lipinski definition) is 4. The lowest BCUT2D eigenvalue weighted by Crippen LogP contribution is -2.36. The van der Waals surface area contributed by atoms with Crippen LogP contribution in [0.5, 0.6) is 0 Å². The lowest BCUT2D eigenvalue weighted by atomic mass is 9.98. The van der Waals surface area contributed by atoms with E-state index in [2.05, 4.69) is 17.2 Å². The summed E-state index contributed by atoms with van der Waals surface area (Å²) in [4.78, 5) is 4.20. The van der Waals surface area contributed by atoms with Gasteiger partial charge in [0.25, 0.3) is 0 Å². The summed E-state index contributed by atoms with van der Waals surface area (Å²) in [5, 5.41) is 3.50. The Balaban J connectivity index is 2.22. The summed E-state index contributed by atoms with van der Waals surface area (Å²) in [5.41, 5.74) is 7.92. The first-order valence-electron chi connectivity index (χ1n) is 6.82. The fraction of sp³-hybridized carbons (Fsp3) is 0.643. The summed E-state index contributed by atoms with van der Waals surface area (Å²) >= 11 is 0. The van der Waals surface area contributed by atoms with Gasteiger partial charge in [0.05, 0.1) is 12.1 Å². The van der Waals surface area contributed by atoms with E-state index in [4.69, 9.17) is 10.5 Å². The Morgan fingerprint density at radius 2 is 2.28 bits per heavy atom. The molecule has 2 rings (SSSR count). The SMILES string of the molecule is CCNC(c1cnccc1N)C(OCC)C1CC1. The highest BCUT2D eigenvalue weighted by Gasteiger charge is 2.38. The normalized spacial score (nSPS) is 18.6. The lowest BCUT2D eigenvalue weighted by Gasteiger charge is -2.28. The number of aromatic nitrogens is 1. The number of likely N-dealkylation sites (N-methyl/N-ethyl adjacent to an activating group) is 1. The van der Waals surface area contributed by atoms with Gasteiger partial charge in [0.2, 0.25) is 0 Å². The number of pyridine rings is 1. The molecule has 0 bridgehead atoms. The molecule has 0 aliphatic heterocycles. The number of ether oxygens (including phenoxy) is 1. The van der Waals surface area contributed by atoms with Gasteiger partial charge in [0.1, 0.15) is 0 Å². The van der Waals surface area contributed by atoms with Gasteiger partial charge in [-0.05, 0) is 38.3 Å². The highest BCUT2D eigenvalue weighted by atomic mass is 16.5. The Kier molecular flexibility index (Phi) is 4.55. The second-order valence-electron chi connectivity index (χ2n) is 4.80. The van der Waals surface area contributed by atoms with Gasteiger partial charge in [-0.2, -0.15) is 0 Å². The molecule has 0 amide bonds. The molecule has 0 saturated heterocycles. The summed E-state index contributed by atoms with van der Waals surface area (Å²) in [6, 6.07) is 2.01. The standard InChI is InChI=1S/C14H23N3O/c1-3-17-13(11-9-16-8-7-12(11)15)14(18-4-2)10-5-6-10/h7-10,13-14,17H,3-6H2,1-2H3,(H2,15,16). The van der Waals surface area contributed by atoms with Gasteiger partial charge in [-0.1, -0.05) is 6.92 Å². The molecule has 4 heteroatoms. The summed E-state index contributed by atoms with van der Waals surface area (Å²) in [5.74, 6) is 0.661. The van der Waals surface area contributed by atoms with Gasteiger partial charge in [0.15, 0.2) is 0 Å². The van der Waals surface area contributed by atoms with Crippen molar-refractivity contribution in [2.24, 2.45) is 5.92 Å². The van der Waals surface area contributed by atoms with Crippen molar-refractivity contribution in [3.05, 3.63) is 24.0 Å². The van der Waals surface area contributed by atoms with Crippen LogP contribution in [0.2, 0.25) is 0 Å². The maximum absolute atomic E-state index is 6.07. The molecule has 1 aliphatic carbocycles. The van der Waals surface area contributed by atoms with E-state index in [1.807, 2.05) is 19.2 Å². The largest absolute Gasteiger partial charge is 0.398 e. The minimum atomic E-state index is 0.149. The topological polar surface area (TPSA) is 60.2 Å². The first-order valence-corrected chi connectivity index (χ1v) is 6.82. The molecule has 1 aromatic rings. The molecule has 3 N–H and O–H groups in total. The summed E-state index contributed by atoms with van der Waals surface area (Å²) in [6.07, 6.45) is 6.31. The third-order valence-electron chi connectivity index (χ3n) is 3.42. The lowest BCUT2D eigenvalue weighted by molar-refractivity contribution is 0.0190. The van der Waals surface area contributed by atoms with Crippen molar-refractivity contribution in [3.8, 4) is 0 Å². The van der Waals surface area contributed by atoms with Crippen LogP contribution in [0, 0.1) is 5.92 Å². The number of nitrogens with two attached hydrogens (primary N) is 1. The monoisotopic (exact) mass is 249 g/mol. The number of nitrogens with one attached hydrogen (secondary N) is 1. The van der Waals surface area contributed by atoms with Crippen LogP contribution in [-0.4, -0.2) is 24.2 Å². The number of nitrogen functional groups attached to an aromatic ring is 1. The van der Waals surface area contributed by atoms with Crippen LogP contribution in [-0.2, 0) is 4.74 Å². The minimum Gasteiger partial charge on any atom is -0.398 e. The smallest absolute Gasteiger partial charge is 0.0799 e. The van der Waals surface area contributed by atoms with E-state index < -0.39 is 0 Å². The van der Waals surface area contributed by atoms with Crippen LogP contribution in [0.3, 0.4) is 0 Å². The molecule has 1 saturated carbocycles. The average molecular weight is 249 g/mol. The predicted molar refractivity (Wildman–Crippen MR) is 73.2 cm³/mol. The van der Waals surface area contributed by atoms with E-state index >= 15 is 0 Å². The predicted octanol–water partition coefficient (Wildman–Crippen LogP) is 2.13. The molecular formula is C14H23N3O. The zero-order valence-corrected chi connectivity index (χ0v) is 11.2. The van der Waals surface area contributed by atoms with Crippen LogP contribution < -0.4 is 11.1 Å². The molecule has 100 valence electrons. The molecular weight excluding hydrogens is 226 g/mol. The first kappa shape index (κ1) is 13.3. The first-order chi connectivity index (χ1) is 8.77. The van der Waals surface area contributed by atoms with Gasteiger partial charge in [0, 0.05) is 30.3 Å². The highest BCUT2D eigenvalue weighted by molar-refractivity contribution is 5.46. The summed E-state index contributed by atoms with van der Waals surface area (Å²) < 4.78 is 5.94. The number of nitrogens with zero attached hydrogens (tertiary/aromatic N) is 1. The Hall–Kier alpha value is -1.13. The van der Waals surface area contributed by atoms with Crippen LogP contribution in [0.1, 0.15) is 38.3 Å². The fourth-order valence-electron chi connectivity index (χ4n) is 2.42. The number of anilines is 1. The van der Waals surface area contributed by atoms with Gasteiger partial charge in [-0.25, -0.2) is 0 Å². The molecule has 0 radical (unpaired) electrons. The zero-order valence-electron chi connectivity index (χ0n) is 11.2. The maximum atomic E-state index is 6.07. The third-order valence-corrected chi connectivity index (χ3v) is 3.42. The molecule has 18 heavy (non-hydrogen) atoms. The van der Waals surface area contributed by atoms with E-state index in [0.29, 0.717) is 5.92 Å². The summed E-state index contributed by atoms with van der Waals surface area (Å²) in [6.45, 7) is 5.79. The van der Waals surface area contributed by atoms with E-state index in [1.54, 1.807) is 6.20 Å². The number of hydrogen-bond donors (Lipinski definition) is 2. The van der Waals surface area contributed by atoms with Gasteiger partial charge >= 0.3 is 0 Å². The Morgan fingerprint density at radius 1 is 1.50 bits per heavy atom. The van der Waals surface area contributed by atoms with E-state index in [-0.39, 0.29) is 12.1 Å². The number of rotatable bonds is 7. The molecule has 0 aromatic carbocycles. The van der Waals surface area contributed by atoms with E-state index in [0.717, 1.165) is 24.4 Å². The van der Waals surface area contributed by atoms with Gasteiger partial charge in [-0.3, -0.25) is 4.98 Å². The molecule has 1 aromatic heterocycles. The second kappa shape index (κ2) is 6.16. The van der Waals surface area contributed by atoms with Crippen LogP contribution in [0.4, 0.5) is 5.69 Å². The average Bonchev–Trinajstić information content (AvgIpc) is 3.19. The van der Waals surface area contributed by atoms with Crippen molar-refractivity contribution in [1.29, 1.82) is 0 Å². The highest BCUT2D eigenvalue weighted by Crippen LogP contribution is 2.40. The quantitative estimate of drug-likeness (QED) is 0.777. The second-order valence-corrected chi connectivity index (χ2v) is 4.80. The van der Waals surface area contributed by atoms with Gasteiger partial charge in [-0.15, -0.1) is 0 Å². The van der Waals surface area contributed by atoms with Crippen molar-refractivity contribution in [2.45, 2.75) is 38.8 Å². The van der Waals surface area contributed by atoms with Crippen molar-refractivity contribution in [2.75, 3.05) is 18.9 Å². The van der Waals surface area contributed by atoms with Crippen LogP contribution >= 0.6 is 0 Å². The molecule has 1 fully saturated rings. The zero-order chi connectivity index (χ0) is 13.0. The van der Waals surface area contributed by atoms with Crippen molar-refractivity contribution < 1.29 is 4.74 Å². The van der Waals surface area contributed by atoms with E-state index in [9.17, 15) is 0 Å². The Labute approximate surface area is 109 Å². The molecule has 2 unspecified atom stereocenters. The maximum Gasteiger partial charge on any atom is 0.0799 e. The van der Waals surface area contributed by atoms with Crippen molar-refractivity contribution >= 4 is 5.69 Å². The Bertz CT molecular complexity index is 379. The van der Waals surface area contributed by atoms with Crippen LogP contribution in [0.25, 0.3) is 0 Å². The van der Waals surface area contributed by atoms with E-state index in [1.165, 1.54) is 12.8 Å². The fourth-order valence-corrected chi connectivity index (χ4v) is 2.42. The molecule has 4 nitrogen and oxygen atoms in total. The molecule has 1 heterocycles. The minimum absolute atomic E-state index is 0.149. The molecule has 2 atom stereocenters. The summed E-state index contributed by atoms with van der Waals surface area (Å²) in [7, 11) is 0.